The van der Waals surface area contributed by atoms with Crippen LogP contribution in [0.1, 0.15) is 51.6 Å². The second-order valence-electron chi connectivity index (χ2n) is 5.67. The molecule has 2 aromatic rings. The molecule has 0 N–H and O–H groups in total. The zero-order valence-electron chi connectivity index (χ0n) is 13.2. The van der Waals surface area contributed by atoms with Gasteiger partial charge in [0, 0.05) is 0 Å². The van der Waals surface area contributed by atoms with Crippen LogP contribution >= 0.6 is 0 Å². The van der Waals surface area contributed by atoms with E-state index in [9.17, 15) is 9.59 Å². The van der Waals surface area contributed by atoms with Crippen molar-refractivity contribution in [2.75, 3.05) is 0 Å². The van der Waals surface area contributed by atoms with Gasteiger partial charge in [0.2, 0.25) is 0 Å². The molecule has 0 aromatic heterocycles. The largest absolute Gasteiger partial charge is 0.270 e. The average molecular weight is 305 g/mol. The second kappa shape index (κ2) is 6.61. The number of benzene rings is 2. The molecule has 3 nitrogen and oxygen atoms in total. The Morgan fingerprint density at radius 1 is 0.913 bits per heavy atom. The van der Waals surface area contributed by atoms with Gasteiger partial charge in [-0.25, -0.2) is 0 Å². The van der Waals surface area contributed by atoms with E-state index in [0.717, 1.165) is 24.0 Å². The van der Waals surface area contributed by atoms with Crippen LogP contribution in [0.3, 0.4) is 0 Å². The van der Waals surface area contributed by atoms with E-state index in [1.165, 1.54) is 4.90 Å². The van der Waals surface area contributed by atoms with Crippen molar-refractivity contribution < 1.29 is 9.59 Å². The van der Waals surface area contributed by atoms with Crippen LogP contribution in [0.5, 0.6) is 0 Å². The smallest absolute Gasteiger partial charge is 0.261 e. The first-order valence-electron chi connectivity index (χ1n) is 7.91. The van der Waals surface area contributed by atoms with Crippen molar-refractivity contribution in [1.82, 2.24) is 4.90 Å². The van der Waals surface area contributed by atoms with Crippen molar-refractivity contribution in [1.29, 1.82) is 0 Å². The third kappa shape index (κ3) is 3.09. The van der Waals surface area contributed by atoms with E-state index in [1.54, 1.807) is 24.3 Å². The van der Waals surface area contributed by atoms with Crippen LogP contribution < -0.4 is 0 Å². The first kappa shape index (κ1) is 15.2. The summed E-state index contributed by atoms with van der Waals surface area (Å²) in [6.07, 6.45) is 6.44. The van der Waals surface area contributed by atoms with Crippen LogP contribution in [0, 0.1) is 0 Å². The summed E-state index contributed by atoms with van der Waals surface area (Å²) in [5.74, 6) is -0.421. The maximum Gasteiger partial charge on any atom is 0.261 e. The molecule has 0 aliphatic carbocycles. The zero-order valence-corrected chi connectivity index (χ0v) is 13.2. The summed E-state index contributed by atoms with van der Waals surface area (Å²) in [6, 6.07) is 14.9. The highest BCUT2D eigenvalue weighted by Gasteiger charge is 2.34. The number of carbonyl (C=O) groups is 2. The number of imide groups is 1. The Kier molecular flexibility index (Phi) is 4.38. The van der Waals surface area contributed by atoms with Crippen LogP contribution in [0.15, 0.2) is 54.6 Å². The molecule has 1 aliphatic heterocycles. The summed E-state index contributed by atoms with van der Waals surface area (Å²) >= 11 is 0. The second-order valence-corrected chi connectivity index (χ2v) is 5.67. The molecule has 0 bridgehead atoms. The molecule has 23 heavy (non-hydrogen) atoms. The van der Waals surface area contributed by atoms with Crippen LogP contribution in [-0.2, 0) is 6.54 Å². The number of allylic oxidation sites excluding steroid dienone is 1. The standard InChI is InChI=1S/C20H19NO2/c1-2-3-4-7-15-10-12-16(13-11-15)14-21-19(22)17-8-5-6-9-18(17)20(21)23/h4-13H,2-3,14H2,1H3/b7-4+. The van der Waals surface area contributed by atoms with Gasteiger partial charge >= 0.3 is 0 Å². The van der Waals surface area contributed by atoms with Crippen molar-refractivity contribution in [3.8, 4) is 0 Å². The molecule has 3 heteroatoms. The van der Waals surface area contributed by atoms with E-state index in [-0.39, 0.29) is 11.8 Å². The summed E-state index contributed by atoms with van der Waals surface area (Å²) in [5, 5.41) is 0. The van der Waals surface area contributed by atoms with E-state index in [0.29, 0.717) is 17.7 Å². The lowest BCUT2D eigenvalue weighted by atomic mass is 10.1. The van der Waals surface area contributed by atoms with E-state index < -0.39 is 0 Å². The Labute approximate surface area is 136 Å². The maximum absolute atomic E-state index is 12.3. The van der Waals surface area contributed by atoms with Crippen molar-refractivity contribution in [2.45, 2.75) is 26.3 Å². The van der Waals surface area contributed by atoms with Gasteiger partial charge in [-0.15, -0.1) is 0 Å². The molecule has 116 valence electrons. The molecule has 0 saturated carbocycles. The topological polar surface area (TPSA) is 37.4 Å². The summed E-state index contributed by atoms with van der Waals surface area (Å²) in [7, 11) is 0. The number of nitrogens with zero attached hydrogens (tertiary/aromatic N) is 1. The SMILES string of the molecule is CCC/C=C/c1ccc(CN2C(=O)c3ccccc3C2=O)cc1. The number of hydrogen-bond donors (Lipinski definition) is 0. The quantitative estimate of drug-likeness (QED) is 0.772. The minimum absolute atomic E-state index is 0.211. The lowest BCUT2D eigenvalue weighted by molar-refractivity contribution is 0.0642. The first-order valence-corrected chi connectivity index (χ1v) is 7.91. The summed E-state index contributed by atoms with van der Waals surface area (Å²) in [5.41, 5.74) is 3.07. The molecule has 0 radical (unpaired) electrons. The third-order valence-electron chi connectivity index (χ3n) is 3.96. The third-order valence-corrected chi connectivity index (χ3v) is 3.96. The van der Waals surface area contributed by atoms with E-state index in [4.69, 9.17) is 0 Å². The van der Waals surface area contributed by atoms with Gasteiger partial charge in [0.15, 0.2) is 0 Å². The fourth-order valence-corrected chi connectivity index (χ4v) is 2.69. The van der Waals surface area contributed by atoms with E-state index in [1.807, 2.05) is 24.3 Å². The fourth-order valence-electron chi connectivity index (χ4n) is 2.69. The summed E-state index contributed by atoms with van der Waals surface area (Å²) < 4.78 is 0. The van der Waals surface area contributed by atoms with Crippen molar-refractivity contribution in [3.63, 3.8) is 0 Å². The Hall–Kier alpha value is -2.68. The van der Waals surface area contributed by atoms with E-state index in [2.05, 4.69) is 19.1 Å². The highest BCUT2D eigenvalue weighted by Crippen LogP contribution is 2.24. The number of hydrogen-bond acceptors (Lipinski definition) is 2. The predicted molar refractivity (Wildman–Crippen MR) is 91.0 cm³/mol. The average Bonchev–Trinajstić information content (AvgIpc) is 2.82. The monoisotopic (exact) mass is 305 g/mol. The number of fused-ring (bicyclic) bond motifs is 1. The van der Waals surface area contributed by atoms with Gasteiger partial charge in [-0.05, 0) is 29.7 Å². The molecular weight excluding hydrogens is 286 g/mol. The summed E-state index contributed by atoms with van der Waals surface area (Å²) in [4.78, 5) is 26.0. The molecule has 0 fully saturated rings. The Bertz CT molecular complexity index is 724. The zero-order chi connectivity index (χ0) is 16.2. The van der Waals surface area contributed by atoms with Gasteiger partial charge in [-0.2, -0.15) is 0 Å². The lowest BCUT2D eigenvalue weighted by Crippen LogP contribution is -2.29. The predicted octanol–water partition coefficient (Wildman–Crippen LogP) is 4.30. The Morgan fingerprint density at radius 2 is 1.52 bits per heavy atom. The molecule has 3 rings (SSSR count). The minimum Gasteiger partial charge on any atom is -0.270 e. The summed E-state index contributed by atoms with van der Waals surface area (Å²) in [6.45, 7) is 2.46. The van der Waals surface area contributed by atoms with Crippen molar-refractivity contribution in [3.05, 3.63) is 76.9 Å². The Balaban J connectivity index is 1.73. The molecule has 0 spiro atoms. The van der Waals surface area contributed by atoms with Crippen molar-refractivity contribution >= 4 is 17.9 Å². The van der Waals surface area contributed by atoms with Gasteiger partial charge in [0.05, 0.1) is 17.7 Å². The normalized spacial score (nSPS) is 13.9. The van der Waals surface area contributed by atoms with Crippen LogP contribution in [0.4, 0.5) is 0 Å². The molecule has 1 heterocycles. The number of amides is 2. The first-order chi connectivity index (χ1) is 11.2. The van der Waals surface area contributed by atoms with Gasteiger partial charge in [-0.3, -0.25) is 14.5 Å². The van der Waals surface area contributed by atoms with Crippen LogP contribution in [0.2, 0.25) is 0 Å². The van der Waals surface area contributed by atoms with Crippen LogP contribution in [-0.4, -0.2) is 16.7 Å². The number of unbranched alkanes of at least 4 members (excludes halogenated alkanes) is 1. The van der Waals surface area contributed by atoms with E-state index >= 15 is 0 Å². The van der Waals surface area contributed by atoms with Gasteiger partial charge < -0.3 is 0 Å². The molecule has 0 atom stereocenters. The van der Waals surface area contributed by atoms with Gasteiger partial charge in [0.1, 0.15) is 0 Å². The number of rotatable bonds is 5. The van der Waals surface area contributed by atoms with Gasteiger partial charge in [0.25, 0.3) is 11.8 Å². The van der Waals surface area contributed by atoms with Crippen molar-refractivity contribution in [2.24, 2.45) is 0 Å². The molecule has 2 amide bonds. The molecule has 2 aromatic carbocycles. The molecule has 0 saturated heterocycles. The van der Waals surface area contributed by atoms with Gasteiger partial charge in [-0.1, -0.05) is 61.9 Å². The minimum atomic E-state index is -0.211. The fraction of sp³-hybridized carbons (Fsp3) is 0.200. The highest BCUT2D eigenvalue weighted by molar-refractivity contribution is 6.21. The van der Waals surface area contributed by atoms with Crippen LogP contribution in [0.25, 0.3) is 6.08 Å². The molecule has 1 aliphatic rings. The highest BCUT2D eigenvalue weighted by atomic mass is 16.2. The molecular formula is C20H19NO2. The Morgan fingerprint density at radius 3 is 2.09 bits per heavy atom. The number of carbonyl (C=O) groups excluding carboxylic acids is 2. The maximum atomic E-state index is 12.3. The lowest BCUT2D eigenvalue weighted by Gasteiger charge is -2.13. The molecule has 0 unspecified atom stereocenters.